The molecular formula is C29H25FN8. The number of benzene rings is 1. The molecule has 0 radical (unpaired) electrons. The molecule has 38 heavy (non-hydrogen) atoms. The van der Waals surface area contributed by atoms with Gasteiger partial charge < -0.3 is 4.98 Å². The molecule has 8 nitrogen and oxygen atoms in total. The second-order valence-corrected chi connectivity index (χ2v) is 9.74. The summed E-state index contributed by atoms with van der Waals surface area (Å²) in [6.07, 6.45) is 12.4. The normalized spacial score (nSPS) is 14.4. The fourth-order valence-electron chi connectivity index (χ4n) is 5.30. The minimum Gasteiger partial charge on any atom is -0.335 e. The van der Waals surface area contributed by atoms with E-state index in [1.54, 1.807) is 24.8 Å². The van der Waals surface area contributed by atoms with Crippen molar-refractivity contribution in [3.05, 3.63) is 78.8 Å². The SMILES string of the molecule is Fc1c(-c2cncc(CN3CCCCC3)c2)ncc2[nH]nc(-c3nc4c(-c5ccccc5)cncc4[nH]3)c12. The molecular weight excluding hydrogens is 479 g/mol. The smallest absolute Gasteiger partial charge is 0.161 e. The van der Waals surface area contributed by atoms with Gasteiger partial charge in [-0.25, -0.2) is 9.37 Å². The van der Waals surface area contributed by atoms with Crippen LogP contribution < -0.4 is 0 Å². The summed E-state index contributed by atoms with van der Waals surface area (Å²) in [6, 6.07) is 11.9. The van der Waals surface area contributed by atoms with Crippen molar-refractivity contribution in [1.82, 2.24) is 40.0 Å². The van der Waals surface area contributed by atoms with Crippen molar-refractivity contribution in [2.24, 2.45) is 0 Å². The quantitative estimate of drug-likeness (QED) is 0.310. The van der Waals surface area contributed by atoms with E-state index in [2.05, 4.69) is 35.0 Å². The van der Waals surface area contributed by atoms with Crippen LogP contribution in [0.15, 0.2) is 67.4 Å². The van der Waals surface area contributed by atoms with Crippen LogP contribution in [0.2, 0.25) is 0 Å². The van der Waals surface area contributed by atoms with Crippen LogP contribution in [-0.2, 0) is 6.54 Å². The third-order valence-electron chi connectivity index (χ3n) is 7.17. The second kappa shape index (κ2) is 9.42. The summed E-state index contributed by atoms with van der Waals surface area (Å²) in [5, 5.41) is 7.66. The molecule has 0 saturated carbocycles. The topological polar surface area (TPSA) is 99.3 Å². The van der Waals surface area contributed by atoms with E-state index in [9.17, 15) is 0 Å². The number of nitrogens with one attached hydrogen (secondary N) is 2. The number of hydrogen-bond donors (Lipinski definition) is 2. The molecule has 0 aliphatic carbocycles. The van der Waals surface area contributed by atoms with Crippen LogP contribution in [0.3, 0.4) is 0 Å². The Kier molecular flexibility index (Phi) is 5.62. The van der Waals surface area contributed by atoms with E-state index in [-0.39, 0.29) is 5.69 Å². The summed E-state index contributed by atoms with van der Waals surface area (Å²) in [5.41, 5.74) is 6.24. The molecule has 9 heteroatoms. The Morgan fingerprint density at radius 1 is 0.842 bits per heavy atom. The molecule has 2 N–H and O–H groups in total. The lowest BCUT2D eigenvalue weighted by molar-refractivity contribution is 0.220. The first-order valence-electron chi connectivity index (χ1n) is 12.8. The molecule has 1 aliphatic rings. The van der Waals surface area contributed by atoms with Crippen LogP contribution in [0, 0.1) is 5.82 Å². The zero-order valence-electron chi connectivity index (χ0n) is 20.7. The van der Waals surface area contributed by atoms with Crippen molar-refractivity contribution in [3.8, 4) is 33.9 Å². The van der Waals surface area contributed by atoms with Crippen LogP contribution in [0.5, 0.6) is 0 Å². The number of hydrogen-bond acceptors (Lipinski definition) is 6. The zero-order valence-corrected chi connectivity index (χ0v) is 20.7. The van der Waals surface area contributed by atoms with Gasteiger partial charge in [-0.3, -0.25) is 25.0 Å². The molecule has 188 valence electrons. The maximum Gasteiger partial charge on any atom is 0.161 e. The number of halogens is 1. The van der Waals surface area contributed by atoms with Crippen LogP contribution in [0.1, 0.15) is 24.8 Å². The van der Waals surface area contributed by atoms with Gasteiger partial charge in [-0.2, -0.15) is 5.10 Å². The Morgan fingerprint density at radius 2 is 1.68 bits per heavy atom. The highest BCUT2D eigenvalue weighted by atomic mass is 19.1. The summed E-state index contributed by atoms with van der Waals surface area (Å²) in [5.74, 6) is 0.00879. The Labute approximate surface area is 218 Å². The molecule has 0 bridgehead atoms. The van der Waals surface area contributed by atoms with E-state index < -0.39 is 5.82 Å². The Morgan fingerprint density at radius 3 is 2.55 bits per heavy atom. The summed E-state index contributed by atoms with van der Waals surface area (Å²) < 4.78 is 16.1. The van der Waals surface area contributed by atoms with Crippen LogP contribution in [0.4, 0.5) is 4.39 Å². The van der Waals surface area contributed by atoms with Crippen molar-refractivity contribution < 1.29 is 4.39 Å². The Hall–Kier alpha value is -4.50. The number of H-pyrrole nitrogens is 2. The van der Waals surface area contributed by atoms with Gasteiger partial charge in [0.05, 0.1) is 34.3 Å². The first-order chi connectivity index (χ1) is 18.7. The van der Waals surface area contributed by atoms with Gasteiger partial charge in [-0.05, 0) is 43.1 Å². The number of piperidine rings is 1. The monoisotopic (exact) mass is 504 g/mol. The number of fused-ring (bicyclic) bond motifs is 2. The van der Waals surface area contributed by atoms with Crippen LogP contribution in [0.25, 0.3) is 55.8 Å². The maximum atomic E-state index is 16.1. The average molecular weight is 505 g/mol. The molecule has 1 fully saturated rings. The molecule has 1 saturated heterocycles. The highest BCUT2D eigenvalue weighted by molar-refractivity contribution is 5.97. The first kappa shape index (κ1) is 22.7. The van der Waals surface area contributed by atoms with E-state index in [0.29, 0.717) is 28.0 Å². The number of likely N-dealkylation sites (tertiary alicyclic amines) is 1. The van der Waals surface area contributed by atoms with Crippen molar-refractivity contribution >= 4 is 21.9 Å². The number of nitrogens with zero attached hydrogens (tertiary/aromatic N) is 6. The predicted molar refractivity (Wildman–Crippen MR) is 145 cm³/mol. The van der Waals surface area contributed by atoms with E-state index in [1.165, 1.54) is 19.3 Å². The highest BCUT2D eigenvalue weighted by Gasteiger charge is 2.22. The van der Waals surface area contributed by atoms with Crippen LogP contribution in [-0.4, -0.2) is 53.1 Å². The average Bonchev–Trinajstić information content (AvgIpc) is 3.59. The fraction of sp³-hybridized carbons (Fsp3) is 0.207. The van der Waals surface area contributed by atoms with Crippen LogP contribution >= 0.6 is 0 Å². The summed E-state index contributed by atoms with van der Waals surface area (Å²) >= 11 is 0. The Bertz CT molecular complexity index is 1750. The minimum absolute atomic E-state index is 0.246. The van der Waals surface area contributed by atoms with Crippen molar-refractivity contribution in [2.45, 2.75) is 25.8 Å². The third-order valence-corrected chi connectivity index (χ3v) is 7.17. The number of aromatic nitrogens is 7. The molecule has 0 unspecified atom stereocenters. The van der Waals surface area contributed by atoms with Gasteiger partial charge >= 0.3 is 0 Å². The maximum absolute atomic E-state index is 16.1. The number of rotatable bonds is 5. The summed E-state index contributed by atoms with van der Waals surface area (Å²) in [6.45, 7) is 2.97. The third kappa shape index (κ3) is 4.01. The van der Waals surface area contributed by atoms with Crippen molar-refractivity contribution in [1.29, 1.82) is 0 Å². The molecule has 6 heterocycles. The molecule has 0 amide bonds. The number of pyridine rings is 3. The van der Waals surface area contributed by atoms with Gasteiger partial charge in [0.2, 0.25) is 0 Å². The molecule has 1 aliphatic heterocycles. The highest BCUT2D eigenvalue weighted by Crippen LogP contribution is 2.34. The standard InChI is InChI=1S/C29H25FN8/c30-25-24-22(16-33-26(25)20-11-18(12-31-13-20)17-38-9-5-2-6-10-38)36-37-28(24)29-34-23-15-32-14-21(27(23)35-29)19-7-3-1-4-8-19/h1,3-4,7-8,11-16H,2,5-6,9-10,17H2,(H,34,35)(H,36,37). The van der Waals surface area contributed by atoms with Gasteiger partial charge in [0.25, 0.3) is 0 Å². The second-order valence-electron chi connectivity index (χ2n) is 9.74. The van der Waals surface area contributed by atoms with E-state index in [4.69, 9.17) is 4.98 Å². The molecule has 6 aromatic rings. The van der Waals surface area contributed by atoms with E-state index in [0.717, 1.165) is 47.4 Å². The van der Waals surface area contributed by atoms with Gasteiger partial charge in [0.15, 0.2) is 11.6 Å². The number of aromatic amines is 2. The Balaban J connectivity index is 1.29. The molecule has 0 atom stereocenters. The van der Waals surface area contributed by atoms with Crippen molar-refractivity contribution in [3.63, 3.8) is 0 Å². The van der Waals surface area contributed by atoms with Gasteiger partial charge in [0, 0.05) is 36.3 Å². The zero-order chi connectivity index (χ0) is 25.5. The number of imidazole rings is 1. The molecule has 1 aromatic carbocycles. The van der Waals surface area contributed by atoms with E-state index >= 15 is 4.39 Å². The molecule has 0 spiro atoms. The van der Waals surface area contributed by atoms with E-state index in [1.807, 2.05) is 42.6 Å². The predicted octanol–water partition coefficient (Wildman–Crippen LogP) is 5.75. The summed E-state index contributed by atoms with van der Waals surface area (Å²) in [7, 11) is 0. The van der Waals surface area contributed by atoms with Gasteiger partial charge in [-0.1, -0.05) is 36.8 Å². The largest absolute Gasteiger partial charge is 0.335 e. The lowest BCUT2D eigenvalue weighted by atomic mass is 10.1. The van der Waals surface area contributed by atoms with Gasteiger partial charge in [0.1, 0.15) is 11.4 Å². The van der Waals surface area contributed by atoms with Crippen molar-refractivity contribution in [2.75, 3.05) is 13.1 Å². The fourth-order valence-corrected chi connectivity index (χ4v) is 5.30. The lowest BCUT2D eigenvalue weighted by Gasteiger charge is -2.26. The summed E-state index contributed by atoms with van der Waals surface area (Å²) in [4.78, 5) is 23.7. The minimum atomic E-state index is -0.454. The molecule has 5 aromatic heterocycles. The molecule has 7 rings (SSSR count). The lowest BCUT2D eigenvalue weighted by Crippen LogP contribution is -2.29. The van der Waals surface area contributed by atoms with Gasteiger partial charge in [-0.15, -0.1) is 0 Å². The first-order valence-corrected chi connectivity index (χ1v) is 12.8.